The Balaban J connectivity index is 3.67. The van der Waals surface area contributed by atoms with Gasteiger partial charge in [-0.1, -0.05) is 185 Å². The van der Waals surface area contributed by atoms with Gasteiger partial charge in [-0.2, -0.15) is 0 Å². The van der Waals surface area contributed by atoms with Crippen LogP contribution in [-0.2, 0) is 14.3 Å². The van der Waals surface area contributed by atoms with Gasteiger partial charge in [0.15, 0.2) is 0 Å². The molecule has 4 heteroatoms. The fourth-order valence-electron chi connectivity index (χ4n) is 5.49. The van der Waals surface area contributed by atoms with Crippen LogP contribution in [0.3, 0.4) is 0 Å². The standard InChI is InChI=1S/C55H84O4/c1-3-5-7-9-11-13-15-17-19-21-23-25-26-27-28-29-31-33-35-37-39-41-43-45-47-49-51-58-53-54(52-56)59-55(57)50-48-46-44-42-40-38-36-34-32-30-24-22-20-18-16-14-12-10-8-6-4-2/h5-8,11-14,17-20,23-25,27-28,30-31,33-34,36-37,39-40,42,54,56H,3-4,9-10,15-16,21-22,26,29,32,35,38,41,43-53H2,1-2H3/b7-5-,8-6-,13-11-,14-12-,19-17-,20-18-,25-23-,28-27-,30-24-,33-31-,36-34-,39-37-,42-40-. The number of carbonyl (C=O) groups is 1. The van der Waals surface area contributed by atoms with Crippen LogP contribution >= 0.6 is 0 Å². The Morgan fingerprint density at radius 2 is 0.712 bits per heavy atom. The largest absolute Gasteiger partial charge is 0.457 e. The molecular formula is C55H84O4. The minimum absolute atomic E-state index is 0.213. The first kappa shape index (κ1) is 55.0. The van der Waals surface area contributed by atoms with E-state index in [-0.39, 0.29) is 19.2 Å². The van der Waals surface area contributed by atoms with Crippen molar-refractivity contribution in [1.29, 1.82) is 0 Å². The summed E-state index contributed by atoms with van der Waals surface area (Å²) >= 11 is 0. The predicted octanol–water partition coefficient (Wildman–Crippen LogP) is 15.8. The van der Waals surface area contributed by atoms with Gasteiger partial charge < -0.3 is 14.6 Å². The van der Waals surface area contributed by atoms with Crippen molar-refractivity contribution in [2.45, 2.75) is 161 Å². The monoisotopic (exact) mass is 809 g/mol. The second-order valence-corrected chi connectivity index (χ2v) is 14.4. The van der Waals surface area contributed by atoms with Gasteiger partial charge in [0.1, 0.15) is 6.10 Å². The molecule has 0 saturated carbocycles. The molecule has 0 amide bonds. The lowest BCUT2D eigenvalue weighted by atomic mass is 10.1. The van der Waals surface area contributed by atoms with Crippen LogP contribution in [0.25, 0.3) is 0 Å². The molecule has 0 aliphatic carbocycles. The molecule has 0 radical (unpaired) electrons. The van der Waals surface area contributed by atoms with E-state index in [0.717, 1.165) is 122 Å². The molecule has 0 fully saturated rings. The number of carbonyl (C=O) groups excluding carboxylic acids is 1. The average molecular weight is 809 g/mol. The molecular weight excluding hydrogens is 725 g/mol. The molecule has 0 bridgehead atoms. The lowest BCUT2D eigenvalue weighted by Crippen LogP contribution is -2.27. The van der Waals surface area contributed by atoms with Gasteiger partial charge in [0.2, 0.25) is 0 Å². The summed E-state index contributed by atoms with van der Waals surface area (Å²) in [6, 6.07) is 0. The van der Waals surface area contributed by atoms with Crippen LogP contribution in [0.15, 0.2) is 158 Å². The summed E-state index contributed by atoms with van der Waals surface area (Å²) < 4.78 is 11.1. The molecule has 0 aliphatic heterocycles. The number of aliphatic hydroxyl groups is 1. The van der Waals surface area contributed by atoms with Crippen LogP contribution in [0.2, 0.25) is 0 Å². The molecule has 59 heavy (non-hydrogen) atoms. The summed E-state index contributed by atoms with van der Waals surface area (Å²) in [6.45, 7) is 4.98. The van der Waals surface area contributed by atoms with E-state index in [1.165, 1.54) is 12.8 Å². The molecule has 0 heterocycles. The average Bonchev–Trinajstić information content (AvgIpc) is 3.24. The van der Waals surface area contributed by atoms with Crippen LogP contribution in [0.5, 0.6) is 0 Å². The first-order chi connectivity index (χ1) is 29.2. The number of hydrogen-bond donors (Lipinski definition) is 1. The summed E-state index contributed by atoms with van der Waals surface area (Å²) in [4.78, 5) is 12.2. The van der Waals surface area contributed by atoms with Gasteiger partial charge in [-0.05, 0) is 122 Å². The normalized spacial score (nSPS) is 13.9. The second-order valence-electron chi connectivity index (χ2n) is 14.4. The Kier molecular flexibility index (Phi) is 46.8. The maximum absolute atomic E-state index is 12.2. The smallest absolute Gasteiger partial charge is 0.306 e. The summed E-state index contributed by atoms with van der Waals surface area (Å²) in [5.41, 5.74) is 0. The van der Waals surface area contributed by atoms with Crippen molar-refractivity contribution in [3.05, 3.63) is 158 Å². The lowest BCUT2D eigenvalue weighted by Gasteiger charge is -2.15. The predicted molar refractivity (Wildman–Crippen MR) is 260 cm³/mol. The zero-order valence-electron chi connectivity index (χ0n) is 37.4. The van der Waals surface area contributed by atoms with Crippen molar-refractivity contribution in [2.75, 3.05) is 19.8 Å². The second kappa shape index (κ2) is 50.2. The quantitative estimate of drug-likeness (QED) is 0.0381. The van der Waals surface area contributed by atoms with E-state index in [0.29, 0.717) is 13.0 Å². The van der Waals surface area contributed by atoms with Gasteiger partial charge in [0, 0.05) is 13.0 Å². The maximum Gasteiger partial charge on any atom is 0.306 e. The fraction of sp³-hybridized carbons (Fsp3) is 0.509. The minimum atomic E-state index is -0.586. The van der Waals surface area contributed by atoms with Gasteiger partial charge in [-0.15, -0.1) is 0 Å². The molecule has 0 rings (SSSR count). The van der Waals surface area contributed by atoms with E-state index >= 15 is 0 Å². The molecule has 0 aliphatic rings. The van der Waals surface area contributed by atoms with E-state index in [2.05, 4.69) is 172 Å². The van der Waals surface area contributed by atoms with Gasteiger partial charge >= 0.3 is 5.97 Å². The van der Waals surface area contributed by atoms with Crippen molar-refractivity contribution in [3.63, 3.8) is 0 Å². The fourth-order valence-corrected chi connectivity index (χ4v) is 5.49. The molecule has 1 unspecified atom stereocenters. The third-order valence-electron chi connectivity index (χ3n) is 8.85. The van der Waals surface area contributed by atoms with E-state index in [1.807, 2.05) is 0 Å². The Labute approximate surface area is 363 Å². The first-order valence-electron chi connectivity index (χ1n) is 23.1. The van der Waals surface area contributed by atoms with Crippen LogP contribution in [0, 0.1) is 0 Å². The molecule has 0 spiro atoms. The summed E-state index contributed by atoms with van der Waals surface area (Å²) in [5.74, 6) is -0.260. The number of aliphatic hydroxyl groups excluding tert-OH is 1. The third-order valence-corrected chi connectivity index (χ3v) is 8.85. The van der Waals surface area contributed by atoms with E-state index in [9.17, 15) is 9.90 Å². The van der Waals surface area contributed by atoms with E-state index in [4.69, 9.17) is 9.47 Å². The number of hydrogen-bond acceptors (Lipinski definition) is 4. The van der Waals surface area contributed by atoms with Crippen molar-refractivity contribution < 1.29 is 19.4 Å². The van der Waals surface area contributed by atoms with Gasteiger partial charge in [-0.3, -0.25) is 4.79 Å². The third kappa shape index (κ3) is 48.3. The lowest BCUT2D eigenvalue weighted by molar-refractivity contribution is -0.154. The Morgan fingerprint density at radius 1 is 0.407 bits per heavy atom. The number of ether oxygens (including phenoxy) is 2. The maximum atomic E-state index is 12.2. The Hall–Kier alpha value is -3.99. The molecule has 328 valence electrons. The topological polar surface area (TPSA) is 55.8 Å². The molecule has 0 aromatic heterocycles. The number of allylic oxidation sites excluding steroid dienone is 26. The van der Waals surface area contributed by atoms with Crippen LogP contribution in [0.1, 0.15) is 155 Å². The van der Waals surface area contributed by atoms with E-state index in [1.54, 1.807) is 0 Å². The molecule has 1 N–H and O–H groups in total. The number of esters is 1. The van der Waals surface area contributed by atoms with Gasteiger partial charge in [0.25, 0.3) is 0 Å². The molecule has 0 aromatic rings. The number of rotatable bonds is 40. The SMILES string of the molecule is CC/C=C\C/C=C\C/C=C\C/C=C\C/C=C\C/C=C\C/C=C\CCCCCCOCC(CO)OC(=O)CCCC/C=C\C/C=C\C/C=C\C/C=C\C/C=C\C/C=C\CC. The minimum Gasteiger partial charge on any atom is -0.457 e. The highest BCUT2D eigenvalue weighted by molar-refractivity contribution is 5.69. The molecule has 0 saturated heterocycles. The zero-order valence-corrected chi connectivity index (χ0v) is 37.4. The summed E-state index contributed by atoms with van der Waals surface area (Å²) in [7, 11) is 0. The zero-order chi connectivity index (χ0) is 42.6. The van der Waals surface area contributed by atoms with Crippen molar-refractivity contribution in [1.82, 2.24) is 0 Å². The van der Waals surface area contributed by atoms with Crippen molar-refractivity contribution >= 4 is 5.97 Å². The highest BCUT2D eigenvalue weighted by Crippen LogP contribution is 2.08. The van der Waals surface area contributed by atoms with Crippen molar-refractivity contribution in [3.8, 4) is 0 Å². The Bertz CT molecular complexity index is 1310. The first-order valence-corrected chi connectivity index (χ1v) is 23.1. The van der Waals surface area contributed by atoms with Crippen LogP contribution < -0.4 is 0 Å². The Morgan fingerprint density at radius 3 is 1.05 bits per heavy atom. The van der Waals surface area contributed by atoms with Crippen LogP contribution in [-0.4, -0.2) is 37.0 Å². The number of unbranched alkanes of at least 4 members (excludes halogenated alkanes) is 6. The van der Waals surface area contributed by atoms with Crippen LogP contribution in [0.4, 0.5) is 0 Å². The van der Waals surface area contributed by atoms with Crippen molar-refractivity contribution in [2.24, 2.45) is 0 Å². The summed E-state index contributed by atoms with van der Waals surface area (Å²) in [5, 5.41) is 9.62. The van der Waals surface area contributed by atoms with Gasteiger partial charge in [0.05, 0.1) is 13.2 Å². The summed E-state index contributed by atoms with van der Waals surface area (Å²) in [6.07, 6.45) is 78.8. The highest BCUT2D eigenvalue weighted by atomic mass is 16.6. The molecule has 4 nitrogen and oxygen atoms in total. The highest BCUT2D eigenvalue weighted by Gasteiger charge is 2.13. The molecule has 1 atom stereocenters. The molecule has 0 aromatic carbocycles. The van der Waals surface area contributed by atoms with E-state index < -0.39 is 6.10 Å². The van der Waals surface area contributed by atoms with Gasteiger partial charge in [-0.25, -0.2) is 0 Å².